The molecule has 14 heavy (non-hydrogen) atoms. The molecule has 0 aliphatic rings. The Labute approximate surface area is 84.4 Å². The molecule has 5 heteroatoms. The summed E-state index contributed by atoms with van der Waals surface area (Å²) >= 11 is 0. The van der Waals surface area contributed by atoms with E-state index < -0.39 is 11.9 Å². The molecule has 0 spiro atoms. The second-order valence-corrected chi connectivity index (χ2v) is 3.21. The van der Waals surface area contributed by atoms with E-state index in [2.05, 4.69) is 0 Å². The summed E-state index contributed by atoms with van der Waals surface area (Å²) in [6.45, 7) is 4.16. The van der Waals surface area contributed by atoms with Gasteiger partial charge in [0.15, 0.2) is 0 Å². The topological polar surface area (TPSA) is 89.4 Å². The number of hydrogen-bond acceptors (Lipinski definition) is 3. The van der Waals surface area contributed by atoms with Crippen LogP contribution in [0.4, 0.5) is 0 Å². The zero-order valence-corrected chi connectivity index (χ0v) is 8.82. The summed E-state index contributed by atoms with van der Waals surface area (Å²) in [6, 6.07) is -0.515. The molecule has 0 saturated carbocycles. The minimum atomic E-state index is -0.515. The molecule has 0 fully saturated rings. The van der Waals surface area contributed by atoms with Gasteiger partial charge in [-0.05, 0) is 13.3 Å². The van der Waals surface area contributed by atoms with Gasteiger partial charge in [0.2, 0.25) is 11.8 Å². The normalized spacial score (nSPS) is 12.2. The molecule has 0 radical (unpaired) electrons. The fraction of sp³-hybridized carbons (Fsp3) is 0.778. The van der Waals surface area contributed by atoms with Crippen molar-refractivity contribution in [1.29, 1.82) is 0 Å². The molecule has 0 heterocycles. The Morgan fingerprint density at radius 2 is 1.93 bits per heavy atom. The first-order chi connectivity index (χ1) is 6.52. The third-order valence-electron chi connectivity index (χ3n) is 1.96. The van der Waals surface area contributed by atoms with Crippen molar-refractivity contribution in [2.75, 3.05) is 13.1 Å². The summed E-state index contributed by atoms with van der Waals surface area (Å²) in [5, 5.41) is 0. The standard InChI is InChI=1S/C9H19N3O2/c1-3-5-7(10)9(14)12(4-2)6-8(11)13/h7H,3-6,10H2,1-2H3,(H2,11,13). The first kappa shape index (κ1) is 12.9. The SMILES string of the molecule is CCCC(N)C(=O)N(CC)CC(N)=O. The molecule has 1 unspecified atom stereocenters. The minimum absolute atomic E-state index is 0.0489. The van der Waals surface area contributed by atoms with Crippen LogP contribution in [-0.2, 0) is 9.59 Å². The van der Waals surface area contributed by atoms with E-state index in [1.165, 1.54) is 4.90 Å². The summed E-state index contributed by atoms with van der Waals surface area (Å²) in [4.78, 5) is 23.6. The Bertz CT molecular complexity index is 206. The molecule has 5 nitrogen and oxygen atoms in total. The molecule has 82 valence electrons. The lowest BCUT2D eigenvalue weighted by Gasteiger charge is -2.22. The minimum Gasteiger partial charge on any atom is -0.368 e. The van der Waals surface area contributed by atoms with E-state index in [9.17, 15) is 9.59 Å². The zero-order chi connectivity index (χ0) is 11.1. The second kappa shape index (κ2) is 6.37. The number of rotatable bonds is 6. The number of carbonyl (C=O) groups is 2. The van der Waals surface area contributed by atoms with Crippen molar-refractivity contribution in [2.24, 2.45) is 11.5 Å². The Kier molecular flexibility index (Phi) is 5.87. The first-order valence-corrected chi connectivity index (χ1v) is 4.85. The van der Waals surface area contributed by atoms with E-state index in [1.54, 1.807) is 6.92 Å². The zero-order valence-electron chi connectivity index (χ0n) is 8.82. The predicted octanol–water partition coefficient (Wildman–Crippen LogP) is -0.552. The number of carbonyl (C=O) groups excluding carboxylic acids is 2. The highest BCUT2D eigenvalue weighted by Crippen LogP contribution is 1.99. The highest BCUT2D eigenvalue weighted by molar-refractivity contribution is 5.86. The lowest BCUT2D eigenvalue weighted by atomic mass is 10.1. The molecule has 0 aromatic heterocycles. The van der Waals surface area contributed by atoms with Crippen molar-refractivity contribution in [2.45, 2.75) is 32.7 Å². The molecular weight excluding hydrogens is 182 g/mol. The van der Waals surface area contributed by atoms with Crippen LogP contribution in [0.2, 0.25) is 0 Å². The Balaban J connectivity index is 4.22. The van der Waals surface area contributed by atoms with Crippen molar-refractivity contribution >= 4 is 11.8 Å². The molecule has 0 aromatic rings. The number of nitrogens with two attached hydrogens (primary N) is 2. The van der Waals surface area contributed by atoms with Crippen LogP contribution in [-0.4, -0.2) is 35.8 Å². The molecule has 0 aliphatic heterocycles. The van der Waals surface area contributed by atoms with Gasteiger partial charge < -0.3 is 16.4 Å². The summed E-state index contributed by atoms with van der Waals surface area (Å²) in [7, 11) is 0. The van der Waals surface area contributed by atoms with E-state index in [0.717, 1.165) is 6.42 Å². The molecule has 0 aromatic carbocycles. The van der Waals surface area contributed by atoms with Crippen molar-refractivity contribution in [1.82, 2.24) is 4.90 Å². The van der Waals surface area contributed by atoms with Gasteiger partial charge >= 0.3 is 0 Å². The van der Waals surface area contributed by atoms with Gasteiger partial charge in [-0.2, -0.15) is 0 Å². The van der Waals surface area contributed by atoms with Gasteiger partial charge in [-0.15, -0.1) is 0 Å². The van der Waals surface area contributed by atoms with Crippen LogP contribution in [0.15, 0.2) is 0 Å². The average molecular weight is 201 g/mol. The largest absolute Gasteiger partial charge is 0.368 e. The number of likely N-dealkylation sites (N-methyl/N-ethyl adjacent to an activating group) is 1. The number of hydrogen-bond donors (Lipinski definition) is 2. The van der Waals surface area contributed by atoms with Gasteiger partial charge in [0.25, 0.3) is 0 Å². The van der Waals surface area contributed by atoms with Crippen LogP contribution < -0.4 is 11.5 Å². The van der Waals surface area contributed by atoms with Crippen LogP contribution in [0.3, 0.4) is 0 Å². The van der Waals surface area contributed by atoms with E-state index in [4.69, 9.17) is 11.5 Å². The van der Waals surface area contributed by atoms with E-state index in [-0.39, 0.29) is 12.5 Å². The van der Waals surface area contributed by atoms with Crippen molar-refractivity contribution in [3.8, 4) is 0 Å². The highest BCUT2D eigenvalue weighted by Gasteiger charge is 2.19. The van der Waals surface area contributed by atoms with Gasteiger partial charge in [-0.3, -0.25) is 9.59 Å². The summed E-state index contributed by atoms with van der Waals surface area (Å²) in [5.41, 5.74) is 10.6. The van der Waals surface area contributed by atoms with E-state index in [0.29, 0.717) is 13.0 Å². The van der Waals surface area contributed by atoms with Crippen molar-refractivity contribution in [3.63, 3.8) is 0 Å². The Morgan fingerprint density at radius 1 is 1.36 bits per heavy atom. The summed E-state index contributed by atoms with van der Waals surface area (Å²) in [5.74, 6) is -0.711. The Morgan fingerprint density at radius 3 is 2.29 bits per heavy atom. The number of nitrogens with zero attached hydrogens (tertiary/aromatic N) is 1. The molecule has 1 atom stereocenters. The van der Waals surface area contributed by atoms with Crippen LogP contribution in [0.25, 0.3) is 0 Å². The molecule has 0 rings (SSSR count). The predicted molar refractivity (Wildman–Crippen MR) is 54.3 cm³/mol. The van der Waals surface area contributed by atoms with Crippen LogP contribution in [0.1, 0.15) is 26.7 Å². The fourth-order valence-corrected chi connectivity index (χ4v) is 1.20. The lowest BCUT2D eigenvalue weighted by molar-refractivity contribution is -0.136. The molecule has 4 N–H and O–H groups in total. The molecule has 0 aliphatic carbocycles. The fourth-order valence-electron chi connectivity index (χ4n) is 1.20. The smallest absolute Gasteiger partial charge is 0.239 e. The number of amides is 2. The summed E-state index contributed by atoms with van der Waals surface area (Å²) < 4.78 is 0. The monoisotopic (exact) mass is 201 g/mol. The number of primary amides is 1. The third kappa shape index (κ3) is 4.23. The third-order valence-corrected chi connectivity index (χ3v) is 1.96. The quantitative estimate of drug-likeness (QED) is 0.604. The van der Waals surface area contributed by atoms with Gasteiger partial charge in [-0.25, -0.2) is 0 Å². The molecule has 2 amide bonds. The van der Waals surface area contributed by atoms with Crippen LogP contribution in [0, 0.1) is 0 Å². The highest BCUT2D eigenvalue weighted by atomic mass is 16.2. The van der Waals surface area contributed by atoms with Gasteiger partial charge in [0.1, 0.15) is 0 Å². The maximum atomic E-state index is 11.6. The first-order valence-electron chi connectivity index (χ1n) is 4.85. The maximum absolute atomic E-state index is 11.6. The Hall–Kier alpha value is -1.10. The van der Waals surface area contributed by atoms with Crippen LogP contribution >= 0.6 is 0 Å². The maximum Gasteiger partial charge on any atom is 0.239 e. The van der Waals surface area contributed by atoms with Crippen LogP contribution in [0.5, 0.6) is 0 Å². The molecule has 0 bridgehead atoms. The molecule has 0 saturated heterocycles. The summed E-state index contributed by atoms with van der Waals surface area (Å²) in [6.07, 6.45) is 1.48. The van der Waals surface area contributed by atoms with Crippen molar-refractivity contribution in [3.05, 3.63) is 0 Å². The van der Waals surface area contributed by atoms with Crippen molar-refractivity contribution < 1.29 is 9.59 Å². The lowest BCUT2D eigenvalue weighted by Crippen LogP contribution is -2.46. The van der Waals surface area contributed by atoms with Gasteiger partial charge in [0, 0.05) is 6.54 Å². The van der Waals surface area contributed by atoms with E-state index in [1.807, 2.05) is 6.92 Å². The van der Waals surface area contributed by atoms with Gasteiger partial charge in [0.05, 0.1) is 12.6 Å². The van der Waals surface area contributed by atoms with Gasteiger partial charge in [-0.1, -0.05) is 13.3 Å². The average Bonchev–Trinajstić information content (AvgIpc) is 2.13. The van der Waals surface area contributed by atoms with E-state index >= 15 is 0 Å². The second-order valence-electron chi connectivity index (χ2n) is 3.21. The molecular formula is C9H19N3O2.